The predicted octanol–water partition coefficient (Wildman–Crippen LogP) is 0.495. The molecule has 0 spiro atoms. The molecule has 10 heteroatoms. The molecule has 5 atom stereocenters. The van der Waals surface area contributed by atoms with Gasteiger partial charge >= 0.3 is 11.9 Å². The van der Waals surface area contributed by atoms with Gasteiger partial charge in [-0.05, 0) is 37.3 Å². The summed E-state index contributed by atoms with van der Waals surface area (Å²) in [6, 6.07) is 0. The van der Waals surface area contributed by atoms with E-state index < -0.39 is 61.1 Å². The maximum Gasteiger partial charge on any atom is 0.307 e. The maximum atomic E-state index is 12.8. The van der Waals surface area contributed by atoms with Crippen LogP contribution in [0.2, 0.25) is 0 Å². The van der Waals surface area contributed by atoms with Crippen LogP contribution in [0.4, 0.5) is 0 Å². The van der Waals surface area contributed by atoms with Gasteiger partial charge in [0.25, 0.3) is 0 Å². The van der Waals surface area contributed by atoms with Crippen molar-refractivity contribution < 1.29 is 49.4 Å². The molecule has 10 nitrogen and oxygen atoms in total. The Hall–Kier alpha value is -2.37. The minimum atomic E-state index is -1.87. The monoisotopic (exact) mass is 498 g/mol. The summed E-state index contributed by atoms with van der Waals surface area (Å²) in [6.45, 7) is 7.95. The fraction of sp³-hybridized carbons (Fsp3) is 0.640. The van der Waals surface area contributed by atoms with Crippen LogP contribution in [0.25, 0.3) is 0 Å². The van der Waals surface area contributed by atoms with Crippen LogP contribution in [0, 0.1) is 5.41 Å². The van der Waals surface area contributed by atoms with E-state index in [1.807, 2.05) is 45.9 Å². The maximum absolute atomic E-state index is 12.8. The minimum Gasteiger partial charge on any atom is -0.463 e. The second-order valence-electron chi connectivity index (χ2n) is 9.32. The molecule has 0 saturated heterocycles. The Labute approximate surface area is 205 Å². The van der Waals surface area contributed by atoms with Crippen LogP contribution in [0.3, 0.4) is 0 Å². The number of hydrogen-bond donors (Lipinski definition) is 5. The Morgan fingerprint density at radius 2 is 1.66 bits per heavy atom. The van der Waals surface area contributed by atoms with Crippen LogP contribution < -0.4 is 0 Å². The number of aliphatic hydroxyl groups is 5. The lowest BCUT2D eigenvalue weighted by molar-refractivity contribution is -0.161. The van der Waals surface area contributed by atoms with Gasteiger partial charge in [-0.3, -0.25) is 14.4 Å². The first-order valence-corrected chi connectivity index (χ1v) is 11.5. The third-order valence-electron chi connectivity index (χ3n) is 6.01. The van der Waals surface area contributed by atoms with Gasteiger partial charge < -0.3 is 35.0 Å². The topological polar surface area (TPSA) is 171 Å². The number of aliphatic hydroxyl groups excluding tert-OH is 5. The summed E-state index contributed by atoms with van der Waals surface area (Å²) >= 11 is 0. The molecule has 1 aliphatic rings. The molecule has 0 aromatic rings. The standard InChI is InChI=1S/C25H38O10/c1-6-14(2)7-8-16-15(3)22(31)19(11-25(16,4)5)35-21(30)10-9-20(29)34-13-18(28)24(33)23(32)17(27)12-26/h6-8,17-19,23-24,26-28,32-33H,9-13H2,1-5H3/b8-7+,14-6+. The number of ketones is 1. The van der Waals surface area contributed by atoms with E-state index in [4.69, 9.17) is 14.6 Å². The summed E-state index contributed by atoms with van der Waals surface area (Å²) in [5.74, 6) is -1.92. The second kappa shape index (κ2) is 13.6. The Kier molecular flexibility index (Phi) is 12.0. The van der Waals surface area contributed by atoms with Gasteiger partial charge in [-0.15, -0.1) is 0 Å². The van der Waals surface area contributed by atoms with Gasteiger partial charge in [0.15, 0.2) is 11.9 Å². The highest BCUT2D eigenvalue weighted by molar-refractivity contribution is 6.01. The molecule has 0 aromatic carbocycles. The van der Waals surface area contributed by atoms with Crippen molar-refractivity contribution >= 4 is 17.7 Å². The van der Waals surface area contributed by atoms with Crippen molar-refractivity contribution in [2.24, 2.45) is 5.41 Å². The molecule has 0 fully saturated rings. The number of ether oxygens (including phenoxy) is 2. The van der Waals surface area contributed by atoms with E-state index in [1.165, 1.54) is 0 Å². The quantitative estimate of drug-likeness (QED) is 0.188. The Bertz CT molecular complexity index is 854. The summed E-state index contributed by atoms with van der Waals surface area (Å²) in [5, 5.41) is 47.1. The molecule has 1 aliphatic carbocycles. The Balaban J connectivity index is 2.62. The largest absolute Gasteiger partial charge is 0.463 e. The molecule has 5 N–H and O–H groups in total. The van der Waals surface area contributed by atoms with Gasteiger partial charge in [-0.25, -0.2) is 0 Å². The Morgan fingerprint density at radius 1 is 1.09 bits per heavy atom. The summed E-state index contributed by atoms with van der Waals surface area (Å²) in [4.78, 5) is 36.9. The minimum absolute atomic E-state index is 0.292. The lowest BCUT2D eigenvalue weighted by atomic mass is 9.71. The van der Waals surface area contributed by atoms with Crippen LogP contribution in [-0.4, -0.2) is 87.0 Å². The van der Waals surface area contributed by atoms with Gasteiger partial charge in [0, 0.05) is 6.42 Å². The zero-order valence-corrected chi connectivity index (χ0v) is 20.9. The van der Waals surface area contributed by atoms with Gasteiger partial charge in [-0.1, -0.05) is 37.6 Å². The first-order valence-electron chi connectivity index (χ1n) is 11.5. The van der Waals surface area contributed by atoms with Crippen molar-refractivity contribution in [2.45, 2.75) is 84.4 Å². The highest BCUT2D eigenvalue weighted by Gasteiger charge is 2.40. The fourth-order valence-electron chi connectivity index (χ4n) is 3.64. The number of hydrogen-bond acceptors (Lipinski definition) is 10. The van der Waals surface area contributed by atoms with Crippen LogP contribution in [0.5, 0.6) is 0 Å². The summed E-state index contributed by atoms with van der Waals surface area (Å²) < 4.78 is 10.1. The molecule has 0 aromatic heterocycles. The zero-order valence-electron chi connectivity index (χ0n) is 20.9. The molecule has 5 unspecified atom stereocenters. The number of Topliss-reactive ketones (excluding diaryl/α,β-unsaturated/α-hetero) is 1. The molecular weight excluding hydrogens is 460 g/mol. The molecule has 198 valence electrons. The average Bonchev–Trinajstić information content (AvgIpc) is 2.82. The van der Waals surface area contributed by atoms with Gasteiger partial charge in [0.1, 0.15) is 31.0 Å². The van der Waals surface area contributed by atoms with E-state index in [2.05, 4.69) is 0 Å². The molecule has 0 amide bonds. The van der Waals surface area contributed by atoms with Crippen molar-refractivity contribution in [3.8, 4) is 0 Å². The summed E-state index contributed by atoms with van der Waals surface area (Å²) in [6.07, 6.45) is -2.75. The fourth-order valence-corrected chi connectivity index (χ4v) is 3.64. The van der Waals surface area contributed by atoms with Crippen LogP contribution in [0.15, 0.2) is 34.9 Å². The molecule has 0 heterocycles. The first kappa shape index (κ1) is 30.7. The molecular formula is C25H38O10. The van der Waals surface area contributed by atoms with Crippen molar-refractivity contribution in [2.75, 3.05) is 13.2 Å². The molecule has 35 heavy (non-hydrogen) atoms. The van der Waals surface area contributed by atoms with Crippen molar-refractivity contribution in [1.82, 2.24) is 0 Å². The molecule has 0 saturated carbocycles. The highest BCUT2D eigenvalue weighted by Crippen LogP contribution is 2.40. The first-order chi connectivity index (χ1) is 16.2. The SMILES string of the molecule is C/C=C(C)/C=C/C1=C(C)C(=O)C(OC(=O)CCC(=O)OCC(O)C(O)C(O)C(O)CO)CC1(C)C. The Morgan fingerprint density at radius 3 is 2.23 bits per heavy atom. The van der Waals surface area contributed by atoms with E-state index in [1.54, 1.807) is 6.92 Å². The number of allylic oxidation sites excluding steroid dienone is 5. The van der Waals surface area contributed by atoms with Crippen LogP contribution in [-0.2, 0) is 23.9 Å². The molecule has 1 rings (SSSR count). The summed E-state index contributed by atoms with van der Waals surface area (Å²) in [5.41, 5.74) is 2.02. The third-order valence-corrected chi connectivity index (χ3v) is 6.01. The van der Waals surface area contributed by atoms with E-state index in [0.717, 1.165) is 11.1 Å². The van der Waals surface area contributed by atoms with Gasteiger partial charge in [0.05, 0.1) is 19.4 Å². The van der Waals surface area contributed by atoms with E-state index in [0.29, 0.717) is 12.0 Å². The lowest BCUT2D eigenvalue weighted by Crippen LogP contribution is -2.47. The number of rotatable bonds is 12. The average molecular weight is 499 g/mol. The number of carbonyl (C=O) groups is 3. The normalized spacial score (nSPS) is 22.1. The second-order valence-corrected chi connectivity index (χ2v) is 9.32. The third kappa shape index (κ3) is 8.97. The van der Waals surface area contributed by atoms with Crippen LogP contribution >= 0.6 is 0 Å². The zero-order chi connectivity index (χ0) is 26.9. The lowest BCUT2D eigenvalue weighted by Gasteiger charge is -2.36. The van der Waals surface area contributed by atoms with E-state index in [9.17, 15) is 34.8 Å². The van der Waals surface area contributed by atoms with Gasteiger partial charge in [0.2, 0.25) is 0 Å². The molecule has 0 aliphatic heterocycles. The molecule has 0 bridgehead atoms. The summed E-state index contributed by atoms with van der Waals surface area (Å²) in [7, 11) is 0. The van der Waals surface area contributed by atoms with Gasteiger partial charge in [-0.2, -0.15) is 0 Å². The van der Waals surface area contributed by atoms with Crippen molar-refractivity contribution in [3.05, 3.63) is 34.9 Å². The van der Waals surface area contributed by atoms with Crippen molar-refractivity contribution in [1.29, 1.82) is 0 Å². The van der Waals surface area contributed by atoms with Crippen LogP contribution in [0.1, 0.15) is 53.9 Å². The predicted molar refractivity (Wildman–Crippen MR) is 126 cm³/mol. The molecule has 0 radical (unpaired) electrons. The highest BCUT2D eigenvalue weighted by atomic mass is 16.6. The van der Waals surface area contributed by atoms with Crippen molar-refractivity contribution in [3.63, 3.8) is 0 Å². The van der Waals surface area contributed by atoms with E-state index in [-0.39, 0.29) is 18.6 Å². The van der Waals surface area contributed by atoms with E-state index >= 15 is 0 Å². The number of esters is 2. The number of carbonyl (C=O) groups excluding carboxylic acids is 3. The smallest absolute Gasteiger partial charge is 0.307 e.